The maximum Gasteiger partial charge on any atom is 0.416 e. The quantitative estimate of drug-likeness (QED) is 0.335. The number of hydrogen-bond donors (Lipinski definition) is 1. The minimum Gasteiger partial charge on any atom is -0.465 e. The van der Waals surface area contributed by atoms with Gasteiger partial charge in [0.15, 0.2) is 0 Å². The molecule has 0 saturated heterocycles. The molecule has 0 saturated carbocycles. The zero-order valence-corrected chi connectivity index (χ0v) is 18.2. The van der Waals surface area contributed by atoms with Crippen LogP contribution < -0.4 is 4.90 Å². The van der Waals surface area contributed by atoms with Crippen LogP contribution in [0.5, 0.6) is 0 Å². The fourth-order valence-corrected chi connectivity index (χ4v) is 3.52. The van der Waals surface area contributed by atoms with E-state index in [0.717, 1.165) is 4.90 Å². The second-order valence-corrected chi connectivity index (χ2v) is 7.77. The zero-order chi connectivity index (χ0) is 25.6. The molecule has 0 aliphatic carbocycles. The number of rotatable bonds is 8. The summed E-state index contributed by atoms with van der Waals surface area (Å²) in [6, 6.07) is 18.3. The smallest absolute Gasteiger partial charge is 0.416 e. The van der Waals surface area contributed by atoms with Gasteiger partial charge in [-0.2, -0.15) is 26.3 Å². The highest BCUT2D eigenvalue weighted by molar-refractivity contribution is 5.86. The van der Waals surface area contributed by atoms with E-state index in [1.165, 1.54) is 0 Å². The largest absolute Gasteiger partial charge is 0.465 e. The minimum atomic E-state index is -4.96. The second-order valence-electron chi connectivity index (χ2n) is 7.77. The Morgan fingerprint density at radius 3 is 1.83 bits per heavy atom. The highest BCUT2D eigenvalue weighted by Crippen LogP contribution is 2.36. The van der Waals surface area contributed by atoms with Crippen LogP contribution in [0.1, 0.15) is 28.2 Å². The summed E-state index contributed by atoms with van der Waals surface area (Å²) in [6.07, 6.45) is -11.1. The van der Waals surface area contributed by atoms with Crippen molar-refractivity contribution < 1.29 is 41.0 Å². The van der Waals surface area contributed by atoms with Crippen LogP contribution in [-0.4, -0.2) is 24.4 Å². The predicted octanol–water partition coefficient (Wildman–Crippen LogP) is 7.21. The number of carbonyl (C=O) groups is 1. The Labute approximate surface area is 197 Å². The first kappa shape index (κ1) is 26.1. The zero-order valence-electron chi connectivity index (χ0n) is 18.2. The normalized spacial score (nSPS) is 12.9. The SMILES string of the molecule is O=C(O)N(CC(COCc1cc(C(F)(F)F)cc(C(F)(F)F)c1)c1ccccc1)c1ccccc1. The van der Waals surface area contributed by atoms with Crippen LogP contribution in [0, 0.1) is 0 Å². The van der Waals surface area contributed by atoms with Crippen molar-refractivity contribution in [3.05, 3.63) is 101 Å². The number of halogens is 6. The molecule has 0 radical (unpaired) electrons. The first-order valence-electron chi connectivity index (χ1n) is 10.4. The molecule has 1 atom stereocenters. The third kappa shape index (κ3) is 7.22. The van der Waals surface area contributed by atoms with Crippen molar-refractivity contribution in [1.29, 1.82) is 0 Å². The summed E-state index contributed by atoms with van der Waals surface area (Å²) >= 11 is 0. The van der Waals surface area contributed by atoms with Crippen LogP contribution in [-0.2, 0) is 23.7 Å². The molecule has 3 rings (SSSR count). The number of ether oxygens (including phenoxy) is 1. The van der Waals surface area contributed by atoms with Crippen molar-refractivity contribution in [2.24, 2.45) is 0 Å². The molecule has 35 heavy (non-hydrogen) atoms. The van der Waals surface area contributed by atoms with Gasteiger partial charge in [-0.3, -0.25) is 4.90 Å². The van der Waals surface area contributed by atoms with E-state index < -0.39 is 42.1 Å². The molecule has 0 heterocycles. The number of anilines is 1. The van der Waals surface area contributed by atoms with Gasteiger partial charge in [0.1, 0.15) is 0 Å². The van der Waals surface area contributed by atoms with Crippen LogP contribution in [0.25, 0.3) is 0 Å². The van der Waals surface area contributed by atoms with E-state index in [1.807, 2.05) is 0 Å². The van der Waals surface area contributed by atoms with E-state index in [1.54, 1.807) is 60.7 Å². The first-order valence-corrected chi connectivity index (χ1v) is 10.4. The minimum absolute atomic E-state index is 0.0419. The molecule has 0 fully saturated rings. The molecule has 186 valence electrons. The summed E-state index contributed by atoms with van der Waals surface area (Å²) < 4.78 is 84.2. The molecular formula is C25H21F6NO3. The lowest BCUT2D eigenvalue weighted by molar-refractivity contribution is -0.143. The number of carboxylic acid groups (broad SMARTS) is 1. The molecule has 1 N–H and O–H groups in total. The van der Waals surface area contributed by atoms with Crippen molar-refractivity contribution in [3.63, 3.8) is 0 Å². The summed E-state index contributed by atoms with van der Waals surface area (Å²) in [7, 11) is 0. The fourth-order valence-electron chi connectivity index (χ4n) is 3.52. The summed E-state index contributed by atoms with van der Waals surface area (Å²) in [5, 5.41) is 9.71. The second kappa shape index (κ2) is 10.8. The molecular weight excluding hydrogens is 476 g/mol. The lowest BCUT2D eigenvalue weighted by Gasteiger charge is -2.26. The molecule has 4 nitrogen and oxygen atoms in total. The average molecular weight is 497 g/mol. The summed E-state index contributed by atoms with van der Waals surface area (Å²) in [5.74, 6) is -0.541. The highest BCUT2D eigenvalue weighted by atomic mass is 19.4. The van der Waals surface area contributed by atoms with Gasteiger partial charge in [-0.15, -0.1) is 0 Å². The van der Waals surface area contributed by atoms with E-state index >= 15 is 0 Å². The molecule has 10 heteroatoms. The predicted molar refractivity (Wildman–Crippen MR) is 117 cm³/mol. The van der Waals surface area contributed by atoms with E-state index in [0.29, 0.717) is 23.4 Å². The molecule has 0 spiro atoms. The molecule has 3 aromatic rings. The molecule has 0 aromatic heterocycles. The Morgan fingerprint density at radius 2 is 1.34 bits per heavy atom. The Morgan fingerprint density at radius 1 is 0.829 bits per heavy atom. The monoisotopic (exact) mass is 497 g/mol. The van der Waals surface area contributed by atoms with Crippen molar-refractivity contribution in [1.82, 2.24) is 0 Å². The van der Waals surface area contributed by atoms with Crippen molar-refractivity contribution in [2.45, 2.75) is 24.9 Å². The number of hydrogen-bond acceptors (Lipinski definition) is 2. The van der Waals surface area contributed by atoms with Crippen molar-refractivity contribution >= 4 is 11.8 Å². The summed E-state index contributed by atoms with van der Waals surface area (Å²) in [6.45, 7) is -0.702. The topological polar surface area (TPSA) is 49.8 Å². The van der Waals surface area contributed by atoms with Gasteiger partial charge < -0.3 is 9.84 Å². The van der Waals surface area contributed by atoms with E-state index in [9.17, 15) is 36.2 Å². The van der Waals surface area contributed by atoms with Gasteiger partial charge in [0, 0.05) is 18.2 Å². The Bertz CT molecular complexity index is 1090. The average Bonchev–Trinajstić information content (AvgIpc) is 2.81. The van der Waals surface area contributed by atoms with Gasteiger partial charge in [-0.05, 0) is 41.5 Å². The third-order valence-electron chi connectivity index (χ3n) is 5.21. The maximum absolute atomic E-state index is 13.1. The van der Waals surface area contributed by atoms with Crippen molar-refractivity contribution in [2.75, 3.05) is 18.1 Å². The van der Waals surface area contributed by atoms with Gasteiger partial charge in [-0.1, -0.05) is 48.5 Å². The van der Waals surface area contributed by atoms with Gasteiger partial charge in [0.05, 0.1) is 24.3 Å². The van der Waals surface area contributed by atoms with Gasteiger partial charge in [0.25, 0.3) is 0 Å². The van der Waals surface area contributed by atoms with E-state index in [2.05, 4.69) is 0 Å². The molecule has 1 amide bonds. The van der Waals surface area contributed by atoms with Crippen LogP contribution in [0.3, 0.4) is 0 Å². The molecule has 0 aliphatic rings. The summed E-state index contributed by atoms with van der Waals surface area (Å²) in [5.41, 5.74) is -2.03. The highest BCUT2D eigenvalue weighted by Gasteiger charge is 2.37. The number of alkyl halides is 6. The number of benzene rings is 3. The lowest BCUT2D eigenvalue weighted by atomic mass is 9.99. The molecule has 1 unspecified atom stereocenters. The molecule has 3 aromatic carbocycles. The first-order chi connectivity index (χ1) is 16.4. The van der Waals surface area contributed by atoms with Gasteiger partial charge >= 0.3 is 18.4 Å². The van der Waals surface area contributed by atoms with Crippen LogP contribution in [0.2, 0.25) is 0 Å². The maximum atomic E-state index is 13.1. The molecule has 0 bridgehead atoms. The van der Waals surface area contributed by atoms with Gasteiger partial charge in [-0.25, -0.2) is 4.79 Å². The lowest BCUT2D eigenvalue weighted by Crippen LogP contribution is -2.34. The fraction of sp³-hybridized carbons (Fsp3) is 0.240. The Hall–Kier alpha value is -3.53. The number of amides is 1. The number of nitrogens with zero attached hydrogens (tertiary/aromatic N) is 1. The van der Waals surface area contributed by atoms with Crippen LogP contribution in [0.4, 0.5) is 36.8 Å². The number of para-hydroxylation sites is 1. The van der Waals surface area contributed by atoms with Crippen LogP contribution in [0.15, 0.2) is 78.9 Å². The van der Waals surface area contributed by atoms with E-state index in [4.69, 9.17) is 4.74 Å². The Balaban J connectivity index is 1.82. The molecule has 0 aliphatic heterocycles. The van der Waals surface area contributed by atoms with Gasteiger partial charge in [0.2, 0.25) is 0 Å². The third-order valence-corrected chi connectivity index (χ3v) is 5.21. The van der Waals surface area contributed by atoms with E-state index in [-0.39, 0.29) is 24.8 Å². The Kier molecular flexibility index (Phi) is 8.06. The van der Waals surface area contributed by atoms with Crippen molar-refractivity contribution in [3.8, 4) is 0 Å². The van der Waals surface area contributed by atoms with Crippen LogP contribution >= 0.6 is 0 Å². The standard InChI is InChI=1S/C25H21F6NO3/c26-24(27,28)20-11-17(12-21(13-20)25(29,30)31)15-35-16-19(18-7-3-1-4-8-18)14-32(23(33)34)22-9-5-2-6-10-22/h1-13,19H,14-16H2,(H,33,34). The summed E-state index contributed by atoms with van der Waals surface area (Å²) in [4.78, 5) is 13.0.